The van der Waals surface area contributed by atoms with Gasteiger partial charge in [-0.05, 0) is 19.0 Å². The number of guanidine groups is 1. The average molecular weight is 555 g/mol. The van der Waals surface area contributed by atoms with Crippen LogP contribution in [-0.4, -0.2) is 82.5 Å². The van der Waals surface area contributed by atoms with Gasteiger partial charge in [-0.25, -0.2) is 0 Å². The third-order valence-corrected chi connectivity index (χ3v) is 5.23. The normalized spacial score (nSPS) is 17.9. The van der Waals surface area contributed by atoms with Gasteiger partial charge in [-0.1, -0.05) is 6.92 Å². The minimum atomic E-state index is -2.92. The third kappa shape index (κ3) is 7.79. The SMILES string of the molecule is CN=C(NCc1cc2c(cc1OC(F)F)OCO2)NCC(C)CN1CCN(C)CC1.I. The van der Waals surface area contributed by atoms with Gasteiger partial charge in [0.25, 0.3) is 0 Å². The van der Waals surface area contributed by atoms with Gasteiger partial charge in [-0.15, -0.1) is 24.0 Å². The number of hydrogen-bond acceptors (Lipinski definition) is 6. The van der Waals surface area contributed by atoms with Gasteiger partial charge in [0.1, 0.15) is 5.75 Å². The molecule has 2 N–H and O–H groups in total. The van der Waals surface area contributed by atoms with Gasteiger partial charge in [0, 0.05) is 64.5 Å². The van der Waals surface area contributed by atoms with E-state index < -0.39 is 6.61 Å². The quantitative estimate of drug-likeness (QED) is 0.290. The van der Waals surface area contributed by atoms with E-state index in [2.05, 4.69) is 44.1 Å². The monoisotopic (exact) mass is 555 g/mol. The molecule has 0 radical (unpaired) electrons. The Hall–Kier alpha value is -1.60. The first-order valence-corrected chi connectivity index (χ1v) is 10.2. The number of nitrogens with zero attached hydrogens (tertiary/aromatic N) is 3. The van der Waals surface area contributed by atoms with Gasteiger partial charge in [-0.3, -0.25) is 4.99 Å². The molecule has 0 bridgehead atoms. The molecule has 2 heterocycles. The minimum Gasteiger partial charge on any atom is -0.454 e. The van der Waals surface area contributed by atoms with Crippen molar-refractivity contribution >= 4 is 29.9 Å². The van der Waals surface area contributed by atoms with Gasteiger partial charge in [0.15, 0.2) is 17.5 Å². The molecule has 31 heavy (non-hydrogen) atoms. The Kier molecular flexibility index (Phi) is 10.3. The molecule has 1 unspecified atom stereocenters. The van der Waals surface area contributed by atoms with Gasteiger partial charge in [-0.2, -0.15) is 8.78 Å². The summed E-state index contributed by atoms with van der Waals surface area (Å²) in [4.78, 5) is 9.04. The van der Waals surface area contributed by atoms with E-state index in [-0.39, 0.29) is 43.1 Å². The molecule has 0 aromatic heterocycles. The van der Waals surface area contributed by atoms with Crippen LogP contribution in [0, 0.1) is 5.92 Å². The molecular weight excluding hydrogens is 523 g/mol. The summed E-state index contributed by atoms with van der Waals surface area (Å²) in [6.45, 7) is 5.75. The maximum absolute atomic E-state index is 12.8. The highest BCUT2D eigenvalue weighted by atomic mass is 127. The molecule has 1 fully saturated rings. The number of nitrogens with one attached hydrogen (secondary N) is 2. The van der Waals surface area contributed by atoms with Gasteiger partial charge in [0.2, 0.25) is 6.79 Å². The second-order valence-corrected chi connectivity index (χ2v) is 7.71. The van der Waals surface area contributed by atoms with Crippen molar-refractivity contribution < 1.29 is 23.0 Å². The lowest BCUT2D eigenvalue weighted by Crippen LogP contribution is -2.47. The van der Waals surface area contributed by atoms with Crippen LogP contribution < -0.4 is 24.8 Å². The van der Waals surface area contributed by atoms with E-state index in [1.165, 1.54) is 6.07 Å². The standard InChI is InChI=1S/C20H31F2N5O3.HI/c1-14(12-27-6-4-26(3)5-7-27)10-24-20(23-2)25-11-15-8-17-18(29-13-28-17)9-16(15)30-19(21)22;/h8-9,14,19H,4-7,10-13H2,1-3H3,(H2,23,24,25);1H. The van der Waals surface area contributed by atoms with E-state index >= 15 is 0 Å². The fourth-order valence-electron chi connectivity index (χ4n) is 3.52. The van der Waals surface area contributed by atoms with Gasteiger partial charge >= 0.3 is 6.61 Å². The minimum absolute atomic E-state index is 0. The number of rotatable bonds is 8. The fraction of sp³-hybridized carbons (Fsp3) is 0.650. The highest BCUT2D eigenvalue weighted by molar-refractivity contribution is 14.0. The highest BCUT2D eigenvalue weighted by Gasteiger charge is 2.20. The molecule has 0 saturated carbocycles. The zero-order chi connectivity index (χ0) is 21.5. The molecule has 0 amide bonds. The van der Waals surface area contributed by atoms with Crippen LogP contribution in [0.2, 0.25) is 0 Å². The van der Waals surface area contributed by atoms with Crippen LogP contribution >= 0.6 is 24.0 Å². The maximum Gasteiger partial charge on any atom is 0.387 e. The number of alkyl halides is 2. The number of aliphatic imine (C=N–C) groups is 1. The number of ether oxygens (including phenoxy) is 3. The zero-order valence-electron chi connectivity index (χ0n) is 18.2. The Morgan fingerprint density at radius 3 is 2.48 bits per heavy atom. The molecule has 0 aliphatic carbocycles. The Bertz CT molecular complexity index is 733. The van der Waals surface area contributed by atoms with Crippen LogP contribution in [0.1, 0.15) is 12.5 Å². The molecule has 2 aliphatic heterocycles. The predicted octanol–water partition coefficient (Wildman–Crippen LogP) is 2.18. The summed E-state index contributed by atoms with van der Waals surface area (Å²) in [6.07, 6.45) is 0. The third-order valence-electron chi connectivity index (χ3n) is 5.23. The van der Waals surface area contributed by atoms with Crippen molar-refractivity contribution in [3.63, 3.8) is 0 Å². The molecule has 0 spiro atoms. The summed E-state index contributed by atoms with van der Waals surface area (Å²) in [6, 6.07) is 3.08. The first kappa shape index (κ1) is 25.7. The Balaban J connectivity index is 0.00000341. The summed E-state index contributed by atoms with van der Waals surface area (Å²) in [5.74, 6) is 2.00. The Morgan fingerprint density at radius 1 is 1.16 bits per heavy atom. The summed E-state index contributed by atoms with van der Waals surface area (Å²) in [7, 11) is 3.83. The van der Waals surface area contributed by atoms with Crippen LogP contribution in [0.25, 0.3) is 0 Å². The number of fused-ring (bicyclic) bond motifs is 1. The molecule has 2 aliphatic rings. The van der Waals surface area contributed by atoms with Crippen LogP contribution in [0.4, 0.5) is 8.78 Å². The van der Waals surface area contributed by atoms with Crippen LogP contribution in [-0.2, 0) is 6.54 Å². The van der Waals surface area contributed by atoms with E-state index in [0.29, 0.717) is 28.9 Å². The van der Waals surface area contributed by atoms with Crippen molar-refractivity contribution in [2.24, 2.45) is 10.9 Å². The summed E-state index contributed by atoms with van der Waals surface area (Å²) in [5.41, 5.74) is 0.535. The Labute approximate surface area is 199 Å². The van der Waals surface area contributed by atoms with Crippen LogP contribution in [0.5, 0.6) is 17.2 Å². The topological polar surface area (TPSA) is 70.6 Å². The van der Waals surface area contributed by atoms with Crippen molar-refractivity contribution in [2.75, 3.05) is 60.2 Å². The van der Waals surface area contributed by atoms with Crippen molar-refractivity contribution in [1.82, 2.24) is 20.4 Å². The molecule has 1 aromatic rings. The lowest BCUT2D eigenvalue weighted by Gasteiger charge is -2.34. The molecular formula is C20H32F2IN5O3. The van der Waals surface area contributed by atoms with Gasteiger partial charge < -0.3 is 34.6 Å². The fourth-order valence-corrected chi connectivity index (χ4v) is 3.52. The van der Waals surface area contributed by atoms with Crippen molar-refractivity contribution in [3.05, 3.63) is 17.7 Å². The number of halogens is 3. The zero-order valence-corrected chi connectivity index (χ0v) is 20.5. The van der Waals surface area contributed by atoms with Crippen LogP contribution in [0.15, 0.2) is 17.1 Å². The second kappa shape index (κ2) is 12.4. The largest absolute Gasteiger partial charge is 0.454 e. The molecule has 176 valence electrons. The van der Waals surface area contributed by atoms with Gasteiger partial charge in [0.05, 0.1) is 0 Å². The summed E-state index contributed by atoms with van der Waals surface area (Å²) >= 11 is 0. The van der Waals surface area contributed by atoms with E-state index in [1.54, 1.807) is 13.1 Å². The first-order chi connectivity index (χ1) is 14.4. The smallest absolute Gasteiger partial charge is 0.387 e. The van der Waals surface area contributed by atoms with E-state index in [0.717, 1.165) is 39.3 Å². The van der Waals surface area contributed by atoms with Crippen molar-refractivity contribution in [3.8, 4) is 17.2 Å². The summed E-state index contributed by atoms with van der Waals surface area (Å²) < 4.78 is 40.8. The number of benzene rings is 1. The van der Waals surface area contributed by atoms with E-state index in [1.807, 2.05) is 0 Å². The summed E-state index contributed by atoms with van der Waals surface area (Å²) in [5, 5.41) is 6.46. The maximum atomic E-state index is 12.8. The number of likely N-dealkylation sites (N-methyl/N-ethyl adjacent to an activating group) is 1. The predicted molar refractivity (Wildman–Crippen MR) is 126 cm³/mol. The second-order valence-electron chi connectivity index (χ2n) is 7.71. The number of hydrogen-bond donors (Lipinski definition) is 2. The molecule has 1 aromatic carbocycles. The molecule has 1 saturated heterocycles. The van der Waals surface area contributed by atoms with E-state index in [9.17, 15) is 8.78 Å². The Morgan fingerprint density at radius 2 is 1.84 bits per heavy atom. The number of piperazine rings is 1. The first-order valence-electron chi connectivity index (χ1n) is 10.2. The molecule has 11 heteroatoms. The van der Waals surface area contributed by atoms with E-state index in [4.69, 9.17) is 9.47 Å². The van der Waals surface area contributed by atoms with Crippen molar-refractivity contribution in [1.29, 1.82) is 0 Å². The lowest BCUT2D eigenvalue weighted by atomic mass is 10.1. The van der Waals surface area contributed by atoms with Crippen LogP contribution in [0.3, 0.4) is 0 Å². The molecule has 8 nitrogen and oxygen atoms in total. The van der Waals surface area contributed by atoms with Crippen molar-refractivity contribution in [2.45, 2.75) is 20.1 Å². The highest BCUT2D eigenvalue weighted by Crippen LogP contribution is 2.38. The lowest BCUT2D eigenvalue weighted by molar-refractivity contribution is -0.0505. The molecule has 3 rings (SSSR count). The average Bonchev–Trinajstić information content (AvgIpc) is 3.16. The molecule has 1 atom stereocenters.